The minimum atomic E-state index is -0.0988. The molecule has 0 aromatic heterocycles. The van der Waals surface area contributed by atoms with Gasteiger partial charge in [-0.15, -0.1) is 0 Å². The van der Waals surface area contributed by atoms with Crippen molar-refractivity contribution in [2.45, 2.75) is 38.0 Å². The molecule has 1 aliphatic rings. The lowest BCUT2D eigenvalue weighted by molar-refractivity contribution is -0.143. The molecule has 14 heavy (non-hydrogen) atoms. The predicted molar refractivity (Wildman–Crippen MR) is 59.6 cm³/mol. The van der Waals surface area contributed by atoms with Crippen LogP contribution in [0.15, 0.2) is 0 Å². The van der Waals surface area contributed by atoms with Crippen molar-refractivity contribution in [1.82, 2.24) is 5.32 Å². The zero-order chi connectivity index (χ0) is 10.4. The van der Waals surface area contributed by atoms with E-state index in [2.05, 4.69) is 12.2 Å². The molecule has 1 rings (SSSR count). The molecule has 2 atom stereocenters. The van der Waals surface area contributed by atoms with E-state index in [0.717, 1.165) is 6.54 Å². The van der Waals surface area contributed by atoms with Crippen LogP contribution >= 0.6 is 11.8 Å². The average molecular weight is 217 g/mol. The van der Waals surface area contributed by atoms with Crippen molar-refractivity contribution in [3.05, 3.63) is 0 Å². The summed E-state index contributed by atoms with van der Waals surface area (Å²) < 4.78 is 4.85. The molecule has 0 spiro atoms. The van der Waals surface area contributed by atoms with E-state index in [0.29, 0.717) is 24.3 Å². The molecule has 1 aliphatic heterocycles. The van der Waals surface area contributed by atoms with Gasteiger partial charge in [-0.05, 0) is 19.1 Å². The Balaban J connectivity index is 2.06. The first-order valence-corrected chi connectivity index (χ1v) is 6.29. The Morgan fingerprint density at radius 1 is 1.64 bits per heavy atom. The van der Waals surface area contributed by atoms with Gasteiger partial charge >= 0.3 is 5.97 Å². The van der Waals surface area contributed by atoms with Crippen LogP contribution in [0.3, 0.4) is 0 Å². The molecule has 0 aromatic rings. The van der Waals surface area contributed by atoms with Crippen molar-refractivity contribution >= 4 is 17.7 Å². The molecule has 4 heteroatoms. The number of carbonyl (C=O) groups is 1. The fraction of sp³-hybridized carbons (Fsp3) is 0.900. The summed E-state index contributed by atoms with van der Waals surface area (Å²) in [4.78, 5) is 11.0. The van der Waals surface area contributed by atoms with Crippen molar-refractivity contribution in [3.63, 3.8) is 0 Å². The van der Waals surface area contributed by atoms with Gasteiger partial charge in [-0.3, -0.25) is 4.79 Å². The second-order valence-corrected chi connectivity index (χ2v) is 4.97. The third-order valence-electron chi connectivity index (χ3n) is 2.42. The van der Waals surface area contributed by atoms with Gasteiger partial charge in [0.15, 0.2) is 0 Å². The number of hydrogen-bond acceptors (Lipinski definition) is 4. The normalized spacial score (nSPS) is 26.4. The molecule has 0 aromatic carbocycles. The molecule has 1 heterocycles. The number of nitrogens with one attached hydrogen (secondary N) is 1. The number of thioether (sulfide) groups is 1. The minimum absolute atomic E-state index is 0.0988. The van der Waals surface area contributed by atoms with Gasteiger partial charge in [0, 0.05) is 17.8 Å². The van der Waals surface area contributed by atoms with Crippen LogP contribution in [0.1, 0.15) is 26.7 Å². The van der Waals surface area contributed by atoms with Crippen LogP contribution in [0.4, 0.5) is 0 Å². The standard InChI is InChI=1S/C10H19NO2S/c1-3-13-10(12)4-6-11-9-5-7-14-8(9)2/h8-9,11H,3-7H2,1-2H3. The van der Waals surface area contributed by atoms with Gasteiger partial charge in [0.1, 0.15) is 0 Å². The fourth-order valence-corrected chi connectivity index (χ4v) is 2.82. The molecule has 0 bridgehead atoms. The van der Waals surface area contributed by atoms with Crippen LogP contribution in [-0.4, -0.2) is 36.2 Å². The summed E-state index contributed by atoms with van der Waals surface area (Å²) in [5.74, 6) is 1.14. The summed E-state index contributed by atoms with van der Waals surface area (Å²) >= 11 is 2.00. The molecule has 2 unspecified atom stereocenters. The maximum Gasteiger partial charge on any atom is 0.307 e. The topological polar surface area (TPSA) is 38.3 Å². The average Bonchev–Trinajstić information content (AvgIpc) is 2.52. The van der Waals surface area contributed by atoms with Crippen LogP contribution < -0.4 is 5.32 Å². The Bertz CT molecular complexity index is 187. The lowest BCUT2D eigenvalue weighted by Gasteiger charge is -2.15. The second kappa shape index (κ2) is 6.30. The molecule has 82 valence electrons. The Hall–Kier alpha value is -0.220. The van der Waals surface area contributed by atoms with Gasteiger partial charge in [-0.25, -0.2) is 0 Å². The van der Waals surface area contributed by atoms with Crippen molar-refractivity contribution in [2.75, 3.05) is 18.9 Å². The first kappa shape index (κ1) is 11.9. The van der Waals surface area contributed by atoms with E-state index in [4.69, 9.17) is 4.74 Å². The molecule has 0 aliphatic carbocycles. The van der Waals surface area contributed by atoms with Crippen molar-refractivity contribution < 1.29 is 9.53 Å². The first-order chi connectivity index (χ1) is 6.74. The molecule has 0 amide bonds. The summed E-state index contributed by atoms with van der Waals surface area (Å²) in [6.07, 6.45) is 1.70. The molecular weight excluding hydrogens is 198 g/mol. The largest absolute Gasteiger partial charge is 0.466 e. The number of esters is 1. The Morgan fingerprint density at radius 2 is 2.43 bits per heavy atom. The lowest BCUT2D eigenvalue weighted by atomic mass is 10.2. The molecule has 1 fully saturated rings. The molecule has 3 nitrogen and oxygen atoms in total. The lowest BCUT2D eigenvalue weighted by Crippen LogP contribution is -2.35. The van der Waals surface area contributed by atoms with E-state index in [-0.39, 0.29) is 5.97 Å². The van der Waals surface area contributed by atoms with Crippen LogP contribution in [-0.2, 0) is 9.53 Å². The zero-order valence-electron chi connectivity index (χ0n) is 8.91. The number of rotatable bonds is 5. The second-order valence-electron chi connectivity index (χ2n) is 3.48. The SMILES string of the molecule is CCOC(=O)CCNC1CCSC1C. The van der Waals surface area contributed by atoms with Crippen molar-refractivity contribution in [3.8, 4) is 0 Å². The van der Waals surface area contributed by atoms with E-state index >= 15 is 0 Å². The maximum atomic E-state index is 11.0. The minimum Gasteiger partial charge on any atom is -0.466 e. The number of hydrogen-bond donors (Lipinski definition) is 1. The molecule has 0 radical (unpaired) electrons. The zero-order valence-corrected chi connectivity index (χ0v) is 9.73. The van der Waals surface area contributed by atoms with Crippen LogP contribution in [0.2, 0.25) is 0 Å². The van der Waals surface area contributed by atoms with E-state index in [1.54, 1.807) is 0 Å². The fourth-order valence-electron chi connectivity index (χ4n) is 1.59. The third-order valence-corrected chi connectivity index (χ3v) is 3.74. The highest BCUT2D eigenvalue weighted by molar-refractivity contribution is 8.00. The van der Waals surface area contributed by atoms with Gasteiger partial charge in [0.25, 0.3) is 0 Å². The molecule has 1 N–H and O–H groups in total. The van der Waals surface area contributed by atoms with Gasteiger partial charge in [0.2, 0.25) is 0 Å². The summed E-state index contributed by atoms with van der Waals surface area (Å²) in [5, 5.41) is 4.08. The van der Waals surface area contributed by atoms with E-state index in [1.165, 1.54) is 12.2 Å². The first-order valence-electron chi connectivity index (χ1n) is 5.24. The van der Waals surface area contributed by atoms with Crippen LogP contribution in [0.5, 0.6) is 0 Å². The molecular formula is C10H19NO2S. The van der Waals surface area contributed by atoms with Crippen LogP contribution in [0, 0.1) is 0 Å². The van der Waals surface area contributed by atoms with Gasteiger partial charge in [0.05, 0.1) is 13.0 Å². The summed E-state index contributed by atoms with van der Waals surface area (Å²) in [6.45, 7) is 5.30. The number of carbonyl (C=O) groups excluding carboxylic acids is 1. The van der Waals surface area contributed by atoms with E-state index in [9.17, 15) is 4.79 Å². The van der Waals surface area contributed by atoms with Gasteiger partial charge in [-0.2, -0.15) is 11.8 Å². The Kier molecular flexibility index (Phi) is 5.33. The summed E-state index contributed by atoms with van der Waals surface area (Å²) in [7, 11) is 0. The third kappa shape index (κ3) is 3.88. The predicted octanol–water partition coefficient (Wildman–Crippen LogP) is 1.42. The number of ether oxygens (including phenoxy) is 1. The highest BCUT2D eigenvalue weighted by atomic mass is 32.2. The summed E-state index contributed by atoms with van der Waals surface area (Å²) in [6, 6.07) is 0.578. The summed E-state index contributed by atoms with van der Waals surface area (Å²) in [5.41, 5.74) is 0. The van der Waals surface area contributed by atoms with Gasteiger partial charge < -0.3 is 10.1 Å². The maximum absolute atomic E-state index is 11.0. The van der Waals surface area contributed by atoms with Crippen LogP contribution in [0.25, 0.3) is 0 Å². The van der Waals surface area contributed by atoms with Gasteiger partial charge in [-0.1, -0.05) is 6.92 Å². The van der Waals surface area contributed by atoms with E-state index < -0.39 is 0 Å². The quantitative estimate of drug-likeness (QED) is 0.707. The molecule has 1 saturated heterocycles. The van der Waals surface area contributed by atoms with Crippen molar-refractivity contribution in [2.24, 2.45) is 0 Å². The molecule has 0 saturated carbocycles. The Morgan fingerprint density at radius 3 is 3.00 bits per heavy atom. The van der Waals surface area contributed by atoms with E-state index in [1.807, 2.05) is 18.7 Å². The highest BCUT2D eigenvalue weighted by Crippen LogP contribution is 2.25. The highest BCUT2D eigenvalue weighted by Gasteiger charge is 2.23. The van der Waals surface area contributed by atoms with Crippen molar-refractivity contribution in [1.29, 1.82) is 0 Å². The monoisotopic (exact) mass is 217 g/mol. The Labute approximate surface area is 90.0 Å². The smallest absolute Gasteiger partial charge is 0.307 e.